The summed E-state index contributed by atoms with van der Waals surface area (Å²) in [6, 6.07) is 11.8. The molecular weight excluding hydrogens is 418 g/mol. The minimum absolute atomic E-state index is 0.148. The van der Waals surface area contributed by atoms with E-state index in [2.05, 4.69) is 22.2 Å². The van der Waals surface area contributed by atoms with Gasteiger partial charge in [-0.3, -0.25) is 0 Å². The summed E-state index contributed by atoms with van der Waals surface area (Å²) >= 11 is 7.79. The number of pyridine rings is 1. The Balaban J connectivity index is 1.74. The van der Waals surface area contributed by atoms with Crippen LogP contribution in [0.2, 0.25) is 0 Å². The lowest BCUT2D eigenvalue weighted by Crippen LogP contribution is -2.15. The number of alkyl halides is 1. The van der Waals surface area contributed by atoms with Gasteiger partial charge < -0.3 is 14.8 Å². The Morgan fingerprint density at radius 3 is 2.83 bits per heavy atom. The first-order valence-corrected chi connectivity index (χ1v) is 11.0. The van der Waals surface area contributed by atoms with Gasteiger partial charge in [0.1, 0.15) is 24.1 Å². The number of nitrogens with zero attached hydrogens (tertiary/aromatic N) is 2. The number of aliphatic imine (C=N–C) groups is 1. The number of aromatic nitrogens is 1. The quantitative estimate of drug-likeness (QED) is 0.591. The Kier molecular flexibility index (Phi) is 6.77. The van der Waals surface area contributed by atoms with Gasteiger partial charge in [0, 0.05) is 22.9 Å². The molecule has 7 heteroatoms. The van der Waals surface area contributed by atoms with Gasteiger partial charge in [-0.2, -0.15) is 0 Å². The van der Waals surface area contributed by atoms with E-state index in [1.54, 1.807) is 24.2 Å². The summed E-state index contributed by atoms with van der Waals surface area (Å²) in [5, 5.41) is 4.23. The van der Waals surface area contributed by atoms with Gasteiger partial charge in [0.05, 0.1) is 11.1 Å². The molecule has 1 atom stereocenters. The van der Waals surface area contributed by atoms with Crippen LogP contribution in [0.3, 0.4) is 0 Å². The lowest BCUT2D eigenvalue weighted by Gasteiger charge is -2.21. The zero-order valence-electron chi connectivity index (χ0n) is 16.5. The zero-order chi connectivity index (χ0) is 20.8. The highest BCUT2D eigenvalue weighted by Gasteiger charge is 2.17. The standard InChI is InChI=1S/C23H22ClN3O2S/c1-2-20(30-22-9-7-17(24)10-12-26-22)23(27-21-5-3-4-11-25-21)16-6-8-18-19(15-16)29-14-13-28-18/h3-12,15,17H,2,13-14H2,1H3,(H,25,27)/b23-20+. The number of halogens is 1. The molecule has 0 aliphatic carbocycles. The summed E-state index contributed by atoms with van der Waals surface area (Å²) in [6.45, 7) is 3.24. The number of benzene rings is 1. The molecule has 3 heterocycles. The van der Waals surface area contributed by atoms with Crippen molar-refractivity contribution in [1.29, 1.82) is 0 Å². The summed E-state index contributed by atoms with van der Waals surface area (Å²) in [5.41, 5.74) is 1.96. The molecule has 1 aromatic heterocycles. The molecule has 1 N–H and O–H groups in total. The van der Waals surface area contributed by atoms with Crippen molar-refractivity contribution in [2.45, 2.75) is 18.7 Å². The fraction of sp³-hybridized carbons (Fsp3) is 0.217. The van der Waals surface area contributed by atoms with Gasteiger partial charge in [-0.1, -0.05) is 30.8 Å². The van der Waals surface area contributed by atoms with Gasteiger partial charge in [-0.05, 0) is 48.9 Å². The van der Waals surface area contributed by atoms with Crippen LogP contribution in [-0.2, 0) is 0 Å². The van der Waals surface area contributed by atoms with Crippen LogP contribution in [0.1, 0.15) is 18.9 Å². The molecule has 5 nitrogen and oxygen atoms in total. The number of anilines is 1. The van der Waals surface area contributed by atoms with Crippen LogP contribution >= 0.6 is 23.4 Å². The van der Waals surface area contributed by atoms with Crippen molar-refractivity contribution in [3.8, 4) is 11.5 Å². The van der Waals surface area contributed by atoms with Crippen LogP contribution in [0, 0.1) is 0 Å². The van der Waals surface area contributed by atoms with E-state index >= 15 is 0 Å². The summed E-state index contributed by atoms with van der Waals surface area (Å²) in [6.07, 6.45) is 10.1. The average molecular weight is 440 g/mol. The Hall–Kier alpha value is -2.70. The maximum atomic E-state index is 6.18. The second kappa shape index (κ2) is 9.87. The molecule has 0 saturated carbocycles. The highest BCUT2D eigenvalue weighted by molar-refractivity contribution is 8.17. The van der Waals surface area contributed by atoms with Crippen molar-refractivity contribution in [1.82, 2.24) is 4.98 Å². The minimum atomic E-state index is -0.148. The molecule has 2 aromatic rings. The van der Waals surface area contributed by atoms with Crippen molar-refractivity contribution < 1.29 is 9.47 Å². The third kappa shape index (κ3) is 5.07. The monoisotopic (exact) mass is 439 g/mol. The van der Waals surface area contributed by atoms with Gasteiger partial charge >= 0.3 is 0 Å². The SMILES string of the molecule is CC/C(SC1=NC=CC(Cl)C=C1)=C(\Nc1ccccn1)c1ccc2c(c1)OCCO2. The second-order valence-electron chi connectivity index (χ2n) is 6.56. The van der Waals surface area contributed by atoms with E-state index in [0.717, 1.165) is 44.9 Å². The predicted octanol–water partition coefficient (Wildman–Crippen LogP) is 5.87. The Labute approximate surface area is 185 Å². The van der Waals surface area contributed by atoms with Gasteiger partial charge in [0.2, 0.25) is 0 Å². The number of hydrogen-bond acceptors (Lipinski definition) is 6. The number of hydrogen-bond donors (Lipinski definition) is 1. The molecule has 4 rings (SSSR count). The molecule has 0 bridgehead atoms. The molecule has 154 valence electrons. The molecule has 2 aliphatic rings. The van der Waals surface area contributed by atoms with E-state index in [4.69, 9.17) is 21.1 Å². The highest BCUT2D eigenvalue weighted by Crippen LogP contribution is 2.37. The molecule has 0 amide bonds. The van der Waals surface area contributed by atoms with E-state index in [-0.39, 0.29) is 5.38 Å². The molecular formula is C23H22ClN3O2S. The molecule has 1 aromatic carbocycles. The van der Waals surface area contributed by atoms with Crippen LogP contribution in [0.25, 0.3) is 5.70 Å². The van der Waals surface area contributed by atoms with Gasteiger partial charge in [0.15, 0.2) is 11.5 Å². The molecule has 0 fully saturated rings. The van der Waals surface area contributed by atoms with Crippen LogP contribution in [0.15, 0.2) is 76.9 Å². The fourth-order valence-corrected chi connectivity index (χ4v) is 4.10. The first-order valence-electron chi connectivity index (χ1n) is 9.79. The maximum Gasteiger partial charge on any atom is 0.162 e. The fourth-order valence-electron chi connectivity index (χ4n) is 3.03. The normalized spacial score (nSPS) is 18.3. The lowest BCUT2D eigenvalue weighted by atomic mass is 10.1. The van der Waals surface area contributed by atoms with Crippen molar-refractivity contribution in [3.05, 3.63) is 77.5 Å². The summed E-state index contributed by atoms with van der Waals surface area (Å²) in [5.74, 6) is 2.29. The van der Waals surface area contributed by atoms with E-state index in [0.29, 0.717) is 13.2 Å². The Bertz CT molecular complexity index is 1020. The van der Waals surface area contributed by atoms with Crippen molar-refractivity contribution in [2.75, 3.05) is 18.5 Å². The summed E-state index contributed by atoms with van der Waals surface area (Å²) in [7, 11) is 0. The molecule has 0 spiro atoms. The topological polar surface area (TPSA) is 55.7 Å². The predicted molar refractivity (Wildman–Crippen MR) is 125 cm³/mol. The second-order valence-corrected chi connectivity index (χ2v) is 8.18. The summed E-state index contributed by atoms with van der Waals surface area (Å²) < 4.78 is 11.5. The number of rotatable bonds is 5. The van der Waals surface area contributed by atoms with E-state index in [1.807, 2.05) is 54.6 Å². The summed E-state index contributed by atoms with van der Waals surface area (Å²) in [4.78, 5) is 10.1. The zero-order valence-corrected chi connectivity index (χ0v) is 18.1. The first kappa shape index (κ1) is 20.6. The third-order valence-corrected chi connectivity index (χ3v) is 5.95. The van der Waals surface area contributed by atoms with Crippen molar-refractivity contribution >= 4 is 39.9 Å². The van der Waals surface area contributed by atoms with E-state index in [1.165, 1.54) is 0 Å². The number of fused-ring (bicyclic) bond motifs is 1. The Morgan fingerprint density at radius 1 is 1.17 bits per heavy atom. The van der Waals surface area contributed by atoms with Crippen LogP contribution in [0.5, 0.6) is 11.5 Å². The van der Waals surface area contributed by atoms with Gasteiger partial charge in [-0.25, -0.2) is 9.98 Å². The third-order valence-electron chi connectivity index (χ3n) is 4.47. The van der Waals surface area contributed by atoms with Crippen LogP contribution < -0.4 is 14.8 Å². The van der Waals surface area contributed by atoms with Crippen LogP contribution in [-0.4, -0.2) is 28.6 Å². The number of ether oxygens (including phenoxy) is 2. The Morgan fingerprint density at radius 2 is 2.03 bits per heavy atom. The van der Waals surface area contributed by atoms with Crippen LogP contribution in [0.4, 0.5) is 5.82 Å². The largest absolute Gasteiger partial charge is 0.486 e. The average Bonchev–Trinajstić information content (AvgIpc) is 3.00. The van der Waals surface area contributed by atoms with E-state index < -0.39 is 0 Å². The number of thioether (sulfide) groups is 1. The maximum absolute atomic E-state index is 6.18. The van der Waals surface area contributed by atoms with Crippen molar-refractivity contribution in [3.63, 3.8) is 0 Å². The van der Waals surface area contributed by atoms with Gasteiger partial charge in [-0.15, -0.1) is 11.6 Å². The first-order chi connectivity index (χ1) is 14.7. The molecule has 1 unspecified atom stereocenters. The van der Waals surface area contributed by atoms with E-state index in [9.17, 15) is 0 Å². The van der Waals surface area contributed by atoms with Gasteiger partial charge in [0.25, 0.3) is 0 Å². The smallest absolute Gasteiger partial charge is 0.162 e. The molecule has 2 aliphatic heterocycles. The number of nitrogens with one attached hydrogen (secondary N) is 1. The molecule has 0 saturated heterocycles. The highest BCUT2D eigenvalue weighted by atomic mass is 35.5. The lowest BCUT2D eigenvalue weighted by molar-refractivity contribution is 0.171. The number of allylic oxidation sites excluding steroid dienone is 3. The minimum Gasteiger partial charge on any atom is -0.486 e. The molecule has 30 heavy (non-hydrogen) atoms. The molecule has 0 radical (unpaired) electrons. The van der Waals surface area contributed by atoms with Crippen molar-refractivity contribution in [2.24, 2.45) is 4.99 Å².